The molecule has 2 nitrogen and oxygen atoms in total. The van der Waals surface area contributed by atoms with Gasteiger partial charge in [-0.15, -0.1) is 0 Å². The summed E-state index contributed by atoms with van der Waals surface area (Å²) in [4.78, 5) is 0. The molecule has 0 aromatic heterocycles. The summed E-state index contributed by atoms with van der Waals surface area (Å²) in [5, 5.41) is 9.05. The van der Waals surface area contributed by atoms with Crippen LogP contribution in [-0.4, -0.2) is 18.3 Å². The second-order valence-electron chi connectivity index (χ2n) is 2.30. The highest BCUT2D eigenvalue weighted by Crippen LogP contribution is 2.14. The van der Waals surface area contributed by atoms with E-state index in [-0.39, 0.29) is 6.61 Å². The van der Waals surface area contributed by atoms with Crippen molar-refractivity contribution in [3.05, 3.63) is 29.3 Å². The molecule has 12 heavy (non-hydrogen) atoms. The lowest BCUT2D eigenvalue weighted by molar-refractivity contribution is 0.233. The predicted octanol–water partition coefficient (Wildman–Crippen LogP) is 1.90. The van der Waals surface area contributed by atoms with Crippen LogP contribution in [0.3, 0.4) is 0 Å². The fraction of sp³-hybridized carbons (Fsp3) is 0.333. The van der Waals surface area contributed by atoms with E-state index in [1.807, 2.05) is 0 Å². The first-order valence-corrected chi connectivity index (χ1v) is 4.11. The molecule has 0 unspecified atom stereocenters. The average molecular weight is 186 g/mol. The lowest BCUT2D eigenvalue weighted by atomic mass is 10.3. The van der Waals surface area contributed by atoms with Gasteiger partial charge in [0.15, 0.2) is 0 Å². The Balaban J connectivity index is 2.37. The molecular formula is C9H10ClO2. The van der Waals surface area contributed by atoms with E-state index in [4.69, 9.17) is 21.4 Å². The Morgan fingerprint density at radius 2 is 2.33 bits per heavy atom. The van der Waals surface area contributed by atoms with E-state index >= 15 is 0 Å². The Bertz CT molecular complexity index is 220. The maximum atomic E-state index is 8.48. The number of rotatable bonds is 4. The fourth-order valence-corrected chi connectivity index (χ4v) is 0.853. The van der Waals surface area contributed by atoms with Crippen molar-refractivity contribution in [2.45, 2.75) is 6.42 Å². The quantitative estimate of drug-likeness (QED) is 0.727. The second-order valence-corrected chi connectivity index (χ2v) is 2.71. The lowest BCUT2D eigenvalue weighted by Gasteiger charge is -2.03. The number of halogens is 1. The Hall–Kier alpha value is -0.730. The number of ether oxygens (including phenoxy) is 1. The molecule has 0 aliphatic carbocycles. The van der Waals surface area contributed by atoms with Gasteiger partial charge in [-0.25, -0.2) is 0 Å². The third kappa shape index (κ3) is 3.11. The zero-order valence-electron chi connectivity index (χ0n) is 6.59. The van der Waals surface area contributed by atoms with Gasteiger partial charge >= 0.3 is 0 Å². The molecule has 0 aliphatic heterocycles. The maximum Gasteiger partial charge on any atom is 0.120 e. The molecule has 1 radical (unpaired) electrons. The van der Waals surface area contributed by atoms with Crippen molar-refractivity contribution < 1.29 is 9.84 Å². The lowest BCUT2D eigenvalue weighted by Crippen LogP contribution is -1.99. The smallest absolute Gasteiger partial charge is 0.120 e. The predicted molar refractivity (Wildman–Crippen MR) is 47.5 cm³/mol. The Morgan fingerprint density at radius 3 is 2.92 bits per heavy atom. The minimum absolute atomic E-state index is 0.150. The summed E-state index contributed by atoms with van der Waals surface area (Å²) in [6.07, 6.45) is 0.641. The van der Waals surface area contributed by atoms with Gasteiger partial charge in [0.2, 0.25) is 0 Å². The largest absolute Gasteiger partial charge is 0.493 e. The van der Waals surface area contributed by atoms with Crippen molar-refractivity contribution in [3.63, 3.8) is 0 Å². The first kappa shape index (κ1) is 9.36. The molecule has 0 amide bonds. The second kappa shape index (κ2) is 5.01. The molecular weight excluding hydrogens is 176 g/mol. The van der Waals surface area contributed by atoms with Crippen LogP contribution in [0.2, 0.25) is 5.02 Å². The van der Waals surface area contributed by atoms with Gasteiger partial charge in [0.1, 0.15) is 5.75 Å². The van der Waals surface area contributed by atoms with Gasteiger partial charge in [0.05, 0.1) is 6.61 Å². The van der Waals surface area contributed by atoms with E-state index in [1.54, 1.807) is 18.2 Å². The van der Waals surface area contributed by atoms with Gasteiger partial charge < -0.3 is 9.84 Å². The Labute approximate surface area is 76.7 Å². The molecule has 0 heterocycles. The zero-order chi connectivity index (χ0) is 8.81. The van der Waals surface area contributed by atoms with Crippen molar-refractivity contribution in [1.82, 2.24) is 0 Å². The molecule has 0 saturated carbocycles. The highest BCUT2D eigenvalue weighted by Gasteiger charge is 1.92. The van der Waals surface area contributed by atoms with E-state index in [0.29, 0.717) is 18.1 Å². The highest BCUT2D eigenvalue weighted by molar-refractivity contribution is 6.30. The molecule has 0 spiro atoms. The topological polar surface area (TPSA) is 29.5 Å². The molecule has 1 aromatic rings. The van der Waals surface area contributed by atoms with Crippen LogP contribution >= 0.6 is 11.6 Å². The SMILES string of the molecule is OCCCOc1c[c]c(Cl)cc1. The molecule has 3 heteroatoms. The van der Waals surface area contributed by atoms with Crippen LogP contribution in [0.1, 0.15) is 6.42 Å². The zero-order valence-corrected chi connectivity index (χ0v) is 7.34. The summed E-state index contributed by atoms with van der Waals surface area (Å²) in [5.41, 5.74) is 0. The summed E-state index contributed by atoms with van der Waals surface area (Å²) >= 11 is 5.62. The van der Waals surface area contributed by atoms with E-state index in [2.05, 4.69) is 6.07 Å². The third-order valence-electron chi connectivity index (χ3n) is 1.32. The fourth-order valence-electron chi connectivity index (χ4n) is 0.736. The number of aliphatic hydroxyl groups is 1. The number of hydrogen-bond acceptors (Lipinski definition) is 2. The van der Waals surface area contributed by atoms with E-state index in [1.165, 1.54) is 0 Å². The van der Waals surface area contributed by atoms with Crippen molar-refractivity contribution in [1.29, 1.82) is 0 Å². The van der Waals surface area contributed by atoms with Crippen molar-refractivity contribution in [3.8, 4) is 5.75 Å². The Kier molecular flexibility index (Phi) is 3.91. The van der Waals surface area contributed by atoms with E-state index in [9.17, 15) is 0 Å². The number of hydrogen-bond donors (Lipinski definition) is 1. The molecule has 1 N–H and O–H groups in total. The molecule has 1 rings (SSSR count). The summed E-state index contributed by atoms with van der Waals surface area (Å²) in [7, 11) is 0. The van der Waals surface area contributed by atoms with Gasteiger partial charge in [-0.1, -0.05) is 11.6 Å². The van der Waals surface area contributed by atoms with Crippen molar-refractivity contribution >= 4 is 11.6 Å². The van der Waals surface area contributed by atoms with Crippen molar-refractivity contribution in [2.24, 2.45) is 0 Å². The maximum absolute atomic E-state index is 8.48. The van der Waals surface area contributed by atoms with Crippen LogP contribution in [-0.2, 0) is 0 Å². The minimum atomic E-state index is 0.150. The van der Waals surface area contributed by atoms with E-state index in [0.717, 1.165) is 5.75 Å². The van der Waals surface area contributed by atoms with Gasteiger partial charge in [-0.05, 0) is 18.2 Å². The summed E-state index contributed by atoms with van der Waals surface area (Å²) in [6, 6.07) is 7.98. The molecule has 1 aromatic carbocycles. The van der Waals surface area contributed by atoms with Crippen LogP contribution in [0, 0.1) is 6.07 Å². The third-order valence-corrected chi connectivity index (χ3v) is 1.55. The van der Waals surface area contributed by atoms with Crippen LogP contribution in [0.5, 0.6) is 5.75 Å². The van der Waals surface area contributed by atoms with Gasteiger partial charge in [0, 0.05) is 24.1 Å². The molecule has 0 atom stereocenters. The minimum Gasteiger partial charge on any atom is -0.493 e. The summed E-state index contributed by atoms with van der Waals surface area (Å²) < 4.78 is 5.25. The summed E-state index contributed by atoms with van der Waals surface area (Å²) in [6.45, 7) is 0.670. The Morgan fingerprint density at radius 1 is 1.50 bits per heavy atom. The standard InChI is InChI=1S/C9H10ClO2/c10-8-2-4-9(5-3-8)12-7-1-6-11/h2,4-5,11H,1,6-7H2. The van der Waals surface area contributed by atoms with Crippen LogP contribution in [0.4, 0.5) is 0 Å². The van der Waals surface area contributed by atoms with Crippen LogP contribution in [0.25, 0.3) is 0 Å². The van der Waals surface area contributed by atoms with Crippen LogP contribution in [0.15, 0.2) is 18.2 Å². The van der Waals surface area contributed by atoms with Gasteiger partial charge in [-0.2, -0.15) is 0 Å². The molecule has 65 valence electrons. The normalized spacial score (nSPS) is 9.83. The van der Waals surface area contributed by atoms with Gasteiger partial charge in [0.25, 0.3) is 0 Å². The molecule has 0 fully saturated rings. The monoisotopic (exact) mass is 185 g/mol. The first-order valence-electron chi connectivity index (χ1n) is 3.74. The van der Waals surface area contributed by atoms with Gasteiger partial charge in [-0.3, -0.25) is 0 Å². The molecule has 0 saturated heterocycles. The highest BCUT2D eigenvalue weighted by atomic mass is 35.5. The first-order chi connectivity index (χ1) is 5.83. The van der Waals surface area contributed by atoms with E-state index < -0.39 is 0 Å². The molecule has 0 aliphatic rings. The van der Waals surface area contributed by atoms with Crippen molar-refractivity contribution in [2.75, 3.05) is 13.2 Å². The summed E-state index contributed by atoms with van der Waals surface area (Å²) in [5.74, 6) is 0.729. The number of aliphatic hydroxyl groups excluding tert-OH is 1. The molecule has 0 bridgehead atoms. The number of benzene rings is 1. The van der Waals surface area contributed by atoms with Crippen LogP contribution < -0.4 is 4.74 Å². The average Bonchev–Trinajstić information content (AvgIpc) is 2.09.